The second-order valence-electron chi connectivity index (χ2n) is 7.12. The zero-order chi connectivity index (χ0) is 22.8. The topological polar surface area (TPSA) is 135 Å². The number of amides is 4. The van der Waals surface area contributed by atoms with E-state index >= 15 is 0 Å². The van der Waals surface area contributed by atoms with Crippen LogP contribution in [0.2, 0.25) is 10.0 Å². The molecule has 0 spiro atoms. The number of nitrogens with zero attached hydrogens (tertiary/aromatic N) is 3. The average molecular weight is 475 g/mol. The number of carbonyl (C=O) groups excluding carboxylic acids is 3. The van der Waals surface area contributed by atoms with Crippen molar-refractivity contribution >= 4 is 57.6 Å². The molecule has 1 fully saturated rings. The van der Waals surface area contributed by atoms with E-state index in [1.807, 2.05) is 0 Å². The highest BCUT2D eigenvalue weighted by molar-refractivity contribution is 6.35. The van der Waals surface area contributed by atoms with Gasteiger partial charge in [0.2, 0.25) is 5.91 Å². The maximum atomic E-state index is 12.8. The summed E-state index contributed by atoms with van der Waals surface area (Å²) in [6.07, 6.45) is 0.302. The van der Waals surface area contributed by atoms with Gasteiger partial charge < -0.3 is 10.6 Å². The molecule has 3 N–H and O–H groups in total. The van der Waals surface area contributed by atoms with E-state index in [-0.39, 0.29) is 30.7 Å². The Morgan fingerprint density at radius 3 is 2.59 bits per heavy atom. The molecule has 1 unspecified atom stereocenters. The van der Waals surface area contributed by atoms with Gasteiger partial charge in [0.1, 0.15) is 11.6 Å². The number of anilines is 1. The lowest BCUT2D eigenvalue weighted by atomic mass is 10.1. The fourth-order valence-corrected chi connectivity index (χ4v) is 3.84. The predicted molar refractivity (Wildman–Crippen MR) is 118 cm³/mol. The minimum atomic E-state index is -0.887. The number of imide groups is 1. The van der Waals surface area contributed by atoms with Crippen LogP contribution in [0.5, 0.6) is 0 Å². The van der Waals surface area contributed by atoms with Crippen LogP contribution >= 0.6 is 23.2 Å². The van der Waals surface area contributed by atoms with Gasteiger partial charge in [0.15, 0.2) is 0 Å². The van der Waals surface area contributed by atoms with Crippen LogP contribution in [0.15, 0.2) is 41.2 Å². The van der Waals surface area contributed by atoms with Crippen molar-refractivity contribution in [2.75, 3.05) is 5.32 Å². The Hall–Kier alpha value is -3.50. The summed E-state index contributed by atoms with van der Waals surface area (Å²) in [5, 5.41) is 16.5. The molecular weight excluding hydrogens is 459 g/mol. The third kappa shape index (κ3) is 4.71. The molecule has 1 aliphatic heterocycles. The van der Waals surface area contributed by atoms with E-state index in [1.165, 1.54) is 0 Å². The van der Waals surface area contributed by atoms with Crippen LogP contribution in [0.3, 0.4) is 0 Å². The van der Waals surface area contributed by atoms with Crippen molar-refractivity contribution in [3.63, 3.8) is 0 Å². The monoisotopic (exact) mass is 474 g/mol. The molecule has 0 saturated carbocycles. The Morgan fingerprint density at radius 1 is 1.12 bits per heavy atom. The molecule has 2 heterocycles. The lowest BCUT2D eigenvalue weighted by molar-refractivity contribution is -0.136. The van der Waals surface area contributed by atoms with E-state index < -0.39 is 23.5 Å². The Labute approximate surface area is 190 Å². The van der Waals surface area contributed by atoms with Gasteiger partial charge in [-0.3, -0.25) is 19.7 Å². The smallest absolute Gasteiger partial charge is 0.319 e. The summed E-state index contributed by atoms with van der Waals surface area (Å²) >= 11 is 11.8. The molecule has 0 aliphatic carbocycles. The lowest BCUT2D eigenvalue weighted by Gasteiger charge is -2.21. The lowest BCUT2D eigenvalue weighted by Crippen LogP contribution is -2.45. The molecular formula is C20H16Cl2N6O4. The van der Waals surface area contributed by atoms with Crippen molar-refractivity contribution in [2.45, 2.75) is 25.4 Å². The van der Waals surface area contributed by atoms with Gasteiger partial charge in [0.25, 0.3) is 11.5 Å². The van der Waals surface area contributed by atoms with Gasteiger partial charge in [-0.25, -0.2) is 4.79 Å². The summed E-state index contributed by atoms with van der Waals surface area (Å²) in [5.74, 6) is -0.961. The zero-order valence-corrected chi connectivity index (χ0v) is 17.9. The van der Waals surface area contributed by atoms with Crippen molar-refractivity contribution in [2.24, 2.45) is 0 Å². The zero-order valence-electron chi connectivity index (χ0n) is 16.4. The minimum Gasteiger partial charge on any atom is -0.334 e. The second kappa shape index (κ2) is 8.93. The Morgan fingerprint density at radius 2 is 1.88 bits per heavy atom. The Bertz CT molecular complexity index is 1290. The first-order valence-corrected chi connectivity index (χ1v) is 10.3. The Balaban J connectivity index is 1.47. The molecule has 1 saturated heterocycles. The summed E-state index contributed by atoms with van der Waals surface area (Å²) in [4.78, 5) is 48.3. The van der Waals surface area contributed by atoms with Gasteiger partial charge in [-0.2, -0.15) is 4.68 Å². The number of piperidine rings is 1. The summed E-state index contributed by atoms with van der Waals surface area (Å²) in [7, 11) is 0. The van der Waals surface area contributed by atoms with E-state index in [0.717, 1.165) is 4.68 Å². The van der Waals surface area contributed by atoms with Gasteiger partial charge in [0, 0.05) is 28.7 Å². The van der Waals surface area contributed by atoms with Crippen LogP contribution in [-0.4, -0.2) is 32.8 Å². The molecule has 0 bridgehead atoms. The number of carbonyl (C=O) groups is 3. The van der Waals surface area contributed by atoms with Crippen LogP contribution in [0.4, 0.5) is 10.5 Å². The number of aromatic nitrogens is 3. The van der Waals surface area contributed by atoms with Gasteiger partial charge >= 0.3 is 6.03 Å². The highest BCUT2D eigenvalue weighted by Gasteiger charge is 2.30. The number of urea groups is 1. The number of fused-ring (bicyclic) bond motifs is 1. The van der Waals surface area contributed by atoms with Crippen LogP contribution < -0.4 is 21.5 Å². The van der Waals surface area contributed by atoms with Crippen molar-refractivity contribution in [1.29, 1.82) is 0 Å². The van der Waals surface area contributed by atoms with Crippen molar-refractivity contribution < 1.29 is 14.4 Å². The van der Waals surface area contributed by atoms with E-state index in [9.17, 15) is 19.2 Å². The molecule has 2 aromatic carbocycles. The van der Waals surface area contributed by atoms with E-state index in [0.29, 0.717) is 26.8 Å². The number of hydrogen-bond donors (Lipinski definition) is 3. The molecule has 32 heavy (non-hydrogen) atoms. The van der Waals surface area contributed by atoms with Crippen LogP contribution in [-0.2, 0) is 16.1 Å². The summed E-state index contributed by atoms with van der Waals surface area (Å²) in [5.41, 5.74) is 0.960. The highest BCUT2D eigenvalue weighted by atomic mass is 35.5. The van der Waals surface area contributed by atoms with Gasteiger partial charge in [-0.15, -0.1) is 5.10 Å². The number of hydrogen-bond acceptors (Lipinski definition) is 6. The van der Waals surface area contributed by atoms with Crippen molar-refractivity contribution in [1.82, 2.24) is 25.6 Å². The fourth-order valence-electron chi connectivity index (χ4n) is 3.31. The molecule has 4 rings (SSSR count). The van der Waals surface area contributed by atoms with E-state index in [2.05, 4.69) is 26.3 Å². The summed E-state index contributed by atoms with van der Waals surface area (Å²) in [6, 6.07) is 8.16. The maximum absolute atomic E-state index is 12.8. The summed E-state index contributed by atoms with van der Waals surface area (Å²) in [6.45, 7) is 0.161. The van der Waals surface area contributed by atoms with Crippen molar-refractivity contribution in [3.05, 3.63) is 62.4 Å². The van der Waals surface area contributed by atoms with Crippen LogP contribution in [0.1, 0.15) is 24.4 Å². The standard InChI is InChI=1S/C20H16Cl2N6O4/c21-11-6-12(22)8-13(7-11)24-20(32)23-9-10-1-2-14-15(5-10)26-27-28(19(14)31)16-3-4-17(29)25-18(16)30/h1-2,5-8,16H,3-4,9H2,(H2,23,24,32)(H,25,29,30). The number of nitrogens with one attached hydrogen (secondary N) is 3. The number of halogens is 2. The first-order valence-electron chi connectivity index (χ1n) is 9.53. The van der Waals surface area contributed by atoms with Gasteiger partial charge in [0.05, 0.1) is 5.39 Å². The average Bonchev–Trinajstić information content (AvgIpc) is 2.72. The quantitative estimate of drug-likeness (QED) is 0.496. The molecule has 1 atom stereocenters. The molecule has 4 amide bonds. The largest absolute Gasteiger partial charge is 0.334 e. The van der Waals surface area contributed by atoms with E-state index in [1.54, 1.807) is 36.4 Å². The molecule has 10 nitrogen and oxygen atoms in total. The van der Waals surface area contributed by atoms with Crippen LogP contribution in [0.25, 0.3) is 10.9 Å². The molecule has 1 aromatic heterocycles. The molecule has 3 aromatic rings. The summed E-state index contributed by atoms with van der Waals surface area (Å²) < 4.78 is 0.992. The maximum Gasteiger partial charge on any atom is 0.319 e. The third-order valence-electron chi connectivity index (χ3n) is 4.83. The predicted octanol–water partition coefficient (Wildman–Crippen LogP) is 2.40. The fraction of sp³-hybridized carbons (Fsp3) is 0.200. The first kappa shape index (κ1) is 21.7. The molecule has 12 heteroatoms. The van der Waals surface area contributed by atoms with E-state index in [4.69, 9.17) is 23.2 Å². The van der Waals surface area contributed by atoms with Crippen LogP contribution in [0, 0.1) is 0 Å². The third-order valence-corrected chi connectivity index (χ3v) is 5.26. The number of benzene rings is 2. The number of rotatable bonds is 4. The minimum absolute atomic E-state index is 0.122. The molecule has 164 valence electrons. The van der Waals surface area contributed by atoms with Crippen molar-refractivity contribution in [3.8, 4) is 0 Å². The highest BCUT2D eigenvalue weighted by Crippen LogP contribution is 2.22. The first-order chi connectivity index (χ1) is 15.3. The normalized spacial score (nSPS) is 16.0. The molecule has 0 radical (unpaired) electrons. The van der Waals surface area contributed by atoms with Gasteiger partial charge in [-0.05, 0) is 42.3 Å². The van der Waals surface area contributed by atoms with Gasteiger partial charge in [-0.1, -0.05) is 34.5 Å². The Kier molecular flexibility index (Phi) is 6.06. The SMILES string of the molecule is O=C1CCC(n2nnc3cc(CNC(=O)Nc4cc(Cl)cc(Cl)c4)ccc3c2=O)C(=O)N1. The second-order valence-corrected chi connectivity index (χ2v) is 8.00. The molecule has 1 aliphatic rings.